The maximum Gasteiger partial charge on any atom is 0.325 e. The van der Waals surface area contributed by atoms with Crippen LogP contribution in [-0.4, -0.2) is 41.9 Å². The van der Waals surface area contributed by atoms with Gasteiger partial charge in [-0.3, -0.25) is 19.8 Å². The van der Waals surface area contributed by atoms with Gasteiger partial charge in [0.25, 0.3) is 5.91 Å². The molecule has 3 rings (SSSR count). The Kier molecular flexibility index (Phi) is 4.76. The number of rotatable bonds is 4. The lowest BCUT2D eigenvalue weighted by Gasteiger charge is -2.31. The highest BCUT2D eigenvalue weighted by Gasteiger charge is 2.54. The summed E-state index contributed by atoms with van der Waals surface area (Å²) in [4.78, 5) is 50.7. The van der Waals surface area contributed by atoms with Crippen molar-refractivity contribution in [2.24, 2.45) is 0 Å². The zero-order chi connectivity index (χ0) is 18.0. The van der Waals surface area contributed by atoms with E-state index in [1.807, 2.05) is 18.4 Å². The van der Waals surface area contributed by atoms with E-state index in [2.05, 4.69) is 16.0 Å². The fourth-order valence-corrected chi connectivity index (χ4v) is 4.28. The summed E-state index contributed by atoms with van der Waals surface area (Å²) >= 11 is 1.57. The van der Waals surface area contributed by atoms with Crippen molar-refractivity contribution in [3.8, 4) is 0 Å². The van der Waals surface area contributed by atoms with Crippen molar-refractivity contribution in [3.05, 3.63) is 21.9 Å². The smallest absolute Gasteiger partial charge is 0.325 e. The molecule has 0 bridgehead atoms. The van der Waals surface area contributed by atoms with E-state index in [0.717, 1.165) is 34.6 Å². The lowest BCUT2D eigenvalue weighted by atomic mass is 9.80. The minimum Gasteiger partial charge on any atom is -0.338 e. The fourth-order valence-electron chi connectivity index (χ4n) is 3.28. The van der Waals surface area contributed by atoms with Gasteiger partial charge in [0.15, 0.2) is 0 Å². The van der Waals surface area contributed by atoms with Crippen molar-refractivity contribution in [3.63, 3.8) is 0 Å². The van der Waals surface area contributed by atoms with E-state index in [1.165, 1.54) is 0 Å². The summed E-state index contributed by atoms with van der Waals surface area (Å²) in [5.74, 6) is -1.13. The SMILES string of the molecule is CCCNC(=O)NC(=O)CN1C(=O)N[C@@]2(CCCc3sccc32)C1=O. The van der Waals surface area contributed by atoms with Gasteiger partial charge < -0.3 is 10.6 Å². The first-order valence-corrected chi connectivity index (χ1v) is 9.14. The predicted molar refractivity (Wildman–Crippen MR) is 91.0 cm³/mol. The lowest BCUT2D eigenvalue weighted by Crippen LogP contribution is -2.48. The van der Waals surface area contributed by atoms with E-state index in [-0.39, 0.29) is 0 Å². The maximum absolute atomic E-state index is 12.9. The molecule has 0 aromatic carbocycles. The van der Waals surface area contributed by atoms with Crippen molar-refractivity contribution in [2.45, 2.75) is 38.1 Å². The molecule has 25 heavy (non-hydrogen) atoms. The largest absolute Gasteiger partial charge is 0.338 e. The van der Waals surface area contributed by atoms with Gasteiger partial charge in [0.05, 0.1) is 0 Å². The Labute approximate surface area is 148 Å². The lowest BCUT2D eigenvalue weighted by molar-refractivity contribution is -0.135. The number of hydrogen-bond acceptors (Lipinski definition) is 5. The highest BCUT2D eigenvalue weighted by Crippen LogP contribution is 2.41. The van der Waals surface area contributed by atoms with Crippen LogP contribution in [0.3, 0.4) is 0 Å². The van der Waals surface area contributed by atoms with E-state index in [1.54, 1.807) is 11.3 Å². The number of hydrogen-bond donors (Lipinski definition) is 3. The molecule has 9 heteroatoms. The van der Waals surface area contributed by atoms with Crippen LogP contribution in [0, 0.1) is 0 Å². The van der Waals surface area contributed by atoms with Crippen molar-refractivity contribution < 1.29 is 19.2 Å². The molecule has 0 saturated carbocycles. The van der Waals surface area contributed by atoms with Crippen LogP contribution in [0.5, 0.6) is 0 Å². The van der Waals surface area contributed by atoms with Gasteiger partial charge in [-0.25, -0.2) is 9.59 Å². The number of nitrogens with zero attached hydrogens (tertiary/aromatic N) is 1. The van der Waals surface area contributed by atoms with Gasteiger partial charge in [-0.2, -0.15) is 0 Å². The Morgan fingerprint density at radius 1 is 1.40 bits per heavy atom. The average molecular weight is 364 g/mol. The molecule has 0 unspecified atom stereocenters. The van der Waals surface area contributed by atoms with Crippen molar-refractivity contribution in [2.75, 3.05) is 13.1 Å². The van der Waals surface area contributed by atoms with Gasteiger partial charge in [0, 0.05) is 17.0 Å². The number of fused-ring (bicyclic) bond motifs is 2. The number of carbonyl (C=O) groups is 4. The van der Waals surface area contributed by atoms with Crippen LogP contribution >= 0.6 is 11.3 Å². The number of urea groups is 2. The first kappa shape index (κ1) is 17.4. The summed E-state index contributed by atoms with van der Waals surface area (Å²) in [6.45, 7) is 1.84. The molecule has 1 saturated heterocycles. The molecule has 1 aliphatic carbocycles. The van der Waals surface area contributed by atoms with Crippen LogP contribution in [0.2, 0.25) is 0 Å². The second-order valence-electron chi connectivity index (χ2n) is 6.14. The minimum atomic E-state index is -1.07. The van der Waals surface area contributed by atoms with Crippen LogP contribution in [0.15, 0.2) is 11.4 Å². The first-order chi connectivity index (χ1) is 12.0. The van der Waals surface area contributed by atoms with Gasteiger partial charge in [0.2, 0.25) is 5.91 Å². The van der Waals surface area contributed by atoms with E-state index in [4.69, 9.17) is 0 Å². The molecule has 2 heterocycles. The highest BCUT2D eigenvalue weighted by molar-refractivity contribution is 7.10. The minimum absolute atomic E-state index is 0.430. The van der Waals surface area contributed by atoms with E-state index >= 15 is 0 Å². The van der Waals surface area contributed by atoms with Crippen molar-refractivity contribution in [1.29, 1.82) is 0 Å². The molecule has 6 amide bonds. The average Bonchev–Trinajstić information content (AvgIpc) is 3.14. The van der Waals surface area contributed by atoms with Crippen LogP contribution in [0.4, 0.5) is 9.59 Å². The number of aryl methyl sites for hydroxylation is 1. The van der Waals surface area contributed by atoms with Crippen LogP contribution in [0.1, 0.15) is 36.6 Å². The molecule has 0 radical (unpaired) electrons. The van der Waals surface area contributed by atoms with Crippen LogP contribution in [0.25, 0.3) is 0 Å². The third kappa shape index (κ3) is 3.11. The molecule has 134 valence electrons. The topological polar surface area (TPSA) is 108 Å². The van der Waals surface area contributed by atoms with E-state index in [9.17, 15) is 19.2 Å². The molecule has 1 fully saturated rings. The number of thiophene rings is 1. The standard InChI is InChI=1S/C16H20N4O4S/c1-2-7-17-14(23)18-12(21)9-20-13(22)16(19-15(20)24)6-3-4-11-10(16)5-8-25-11/h5,8H,2-4,6-7,9H2,1H3,(H,19,24)(H2,17,18,21,23)/t16-/m1/s1. The Balaban J connectivity index is 1.71. The Morgan fingerprint density at radius 2 is 2.20 bits per heavy atom. The predicted octanol–water partition coefficient (Wildman–Crippen LogP) is 1.07. The summed E-state index contributed by atoms with van der Waals surface area (Å²) in [6, 6.07) is 0.624. The summed E-state index contributed by atoms with van der Waals surface area (Å²) < 4.78 is 0. The highest BCUT2D eigenvalue weighted by atomic mass is 32.1. The fraction of sp³-hybridized carbons (Fsp3) is 0.500. The number of nitrogens with one attached hydrogen (secondary N) is 3. The molecule has 3 N–H and O–H groups in total. The van der Waals surface area contributed by atoms with E-state index in [0.29, 0.717) is 13.0 Å². The summed E-state index contributed by atoms with van der Waals surface area (Å²) in [6.07, 6.45) is 2.92. The Hall–Kier alpha value is -2.42. The molecule has 1 aromatic rings. The van der Waals surface area contributed by atoms with Gasteiger partial charge in [0.1, 0.15) is 12.1 Å². The van der Waals surface area contributed by atoms with Gasteiger partial charge in [-0.05, 0) is 37.1 Å². The monoisotopic (exact) mass is 364 g/mol. The molecular formula is C16H20N4O4S. The zero-order valence-electron chi connectivity index (χ0n) is 13.9. The molecule has 1 aromatic heterocycles. The molecule has 1 atom stereocenters. The second kappa shape index (κ2) is 6.83. The van der Waals surface area contributed by atoms with Crippen molar-refractivity contribution >= 4 is 35.2 Å². The summed E-state index contributed by atoms with van der Waals surface area (Å²) in [7, 11) is 0. The second-order valence-corrected chi connectivity index (χ2v) is 7.14. The third-order valence-electron chi connectivity index (χ3n) is 4.43. The van der Waals surface area contributed by atoms with Crippen LogP contribution in [-0.2, 0) is 21.5 Å². The molecule has 8 nitrogen and oxygen atoms in total. The van der Waals surface area contributed by atoms with Crippen molar-refractivity contribution in [1.82, 2.24) is 20.9 Å². The molecule has 2 aliphatic rings. The maximum atomic E-state index is 12.9. The van der Waals surface area contributed by atoms with Gasteiger partial charge >= 0.3 is 12.1 Å². The van der Waals surface area contributed by atoms with Crippen LogP contribution < -0.4 is 16.0 Å². The van der Waals surface area contributed by atoms with Gasteiger partial charge in [-0.15, -0.1) is 11.3 Å². The molecular weight excluding hydrogens is 344 g/mol. The Bertz CT molecular complexity index is 731. The number of imide groups is 2. The zero-order valence-corrected chi connectivity index (χ0v) is 14.7. The Morgan fingerprint density at radius 3 is 2.96 bits per heavy atom. The molecule has 1 spiro atoms. The summed E-state index contributed by atoms with van der Waals surface area (Å²) in [5, 5.41) is 9.31. The summed E-state index contributed by atoms with van der Waals surface area (Å²) in [5.41, 5.74) is -0.249. The van der Waals surface area contributed by atoms with E-state index < -0.39 is 36.0 Å². The van der Waals surface area contributed by atoms with Gasteiger partial charge in [-0.1, -0.05) is 6.92 Å². The number of carbonyl (C=O) groups excluding carboxylic acids is 4. The quantitative estimate of drug-likeness (QED) is 0.695. The molecule has 1 aliphatic heterocycles. The third-order valence-corrected chi connectivity index (χ3v) is 5.41. The first-order valence-electron chi connectivity index (χ1n) is 8.26. The number of amides is 6. The normalized spacial score (nSPS) is 21.9.